The number of aromatic nitrogens is 4. The molecule has 1 aliphatic rings. The van der Waals surface area contributed by atoms with E-state index in [1.165, 1.54) is 26.6 Å². The molecule has 0 aromatic carbocycles. The van der Waals surface area contributed by atoms with Gasteiger partial charge in [-0.05, 0) is 55.4 Å². The van der Waals surface area contributed by atoms with Gasteiger partial charge in [-0.1, -0.05) is 24.8 Å². The van der Waals surface area contributed by atoms with Crippen molar-refractivity contribution in [2.75, 3.05) is 0 Å². The molecule has 4 aromatic heterocycles. The van der Waals surface area contributed by atoms with Crippen LogP contribution in [0, 0.1) is 12.8 Å². The smallest absolute Gasteiger partial charge is 0.263 e. The minimum Gasteiger partial charge on any atom is -0.283 e. The van der Waals surface area contributed by atoms with Gasteiger partial charge >= 0.3 is 0 Å². The predicted molar refractivity (Wildman–Crippen MR) is 131 cm³/mol. The molecular formula is C24H24N4O2S2. The van der Waals surface area contributed by atoms with Gasteiger partial charge in [0, 0.05) is 29.4 Å². The number of pyridine rings is 1. The Balaban J connectivity index is 1.54. The SMILES string of the molecule is C=CCn1c(SCc2cc(=O)n3ccc(C)cc3n2)nc2sc3c(c2c1=O)CCC(C)C3. The summed E-state index contributed by atoms with van der Waals surface area (Å²) in [7, 11) is 0. The second-order valence-corrected chi connectivity index (χ2v) is 10.5. The number of aryl methyl sites for hydroxylation is 2. The summed E-state index contributed by atoms with van der Waals surface area (Å²) in [5.41, 5.74) is 3.42. The van der Waals surface area contributed by atoms with Crippen LogP contribution in [0.25, 0.3) is 15.9 Å². The molecule has 32 heavy (non-hydrogen) atoms. The lowest BCUT2D eigenvalue weighted by atomic mass is 9.89. The average Bonchev–Trinajstić information content (AvgIpc) is 3.11. The summed E-state index contributed by atoms with van der Waals surface area (Å²) >= 11 is 3.09. The average molecular weight is 465 g/mol. The second kappa shape index (κ2) is 8.33. The molecule has 4 aromatic rings. The molecule has 5 rings (SSSR count). The van der Waals surface area contributed by atoms with E-state index in [1.54, 1.807) is 34.2 Å². The van der Waals surface area contributed by atoms with Gasteiger partial charge in [-0.25, -0.2) is 9.97 Å². The Kier molecular flexibility index (Phi) is 5.51. The molecular weight excluding hydrogens is 440 g/mol. The Morgan fingerprint density at radius 1 is 1.31 bits per heavy atom. The van der Waals surface area contributed by atoms with Gasteiger partial charge in [-0.2, -0.15) is 0 Å². The van der Waals surface area contributed by atoms with Crippen LogP contribution in [0.4, 0.5) is 0 Å². The van der Waals surface area contributed by atoms with Gasteiger partial charge in [0.05, 0.1) is 11.1 Å². The lowest BCUT2D eigenvalue weighted by Gasteiger charge is -2.17. The van der Waals surface area contributed by atoms with Crippen molar-refractivity contribution in [3.8, 4) is 0 Å². The van der Waals surface area contributed by atoms with E-state index in [1.807, 2.05) is 19.1 Å². The van der Waals surface area contributed by atoms with E-state index >= 15 is 0 Å². The van der Waals surface area contributed by atoms with Crippen molar-refractivity contribution in [2.24, 2.45) is 5.92 Å². The van der Waals surface area contributed by atoms with Crippen molar-refractivity contribution < 1.29 is 0 Å². The molecule has 6 nitrogen and oxygen atoms in total. The summed E-state index contributed by atoms with van der Waals surface area (Å²) < 4.78 is 3.24. The highest BCUT2D eigenvalue weighted by Crippen LogP contribution is 2.36. The monoisotopic (exact) mass is 464 g/mol. The fraction of sp³-hybridized carbons (Fsp3) is 0.333. The number of nitrogens with zero attached hydrogens (tertiary/aromatic N) is 4. The number of fused-ring (bicyclic) bond motifs is 4. The van der Waals surface area contributed by atoms with Crippen molar-refractivity contribution in [2.45, 2.75) is 50.6 Å². The summed E-state index contributed by atoms with van der Waals surface area (Å²) in [5, 5.41) is 1.42. The predicted octanol–water partition coefficient (Wildman–Crippen LogP) is 4.38. The molecule has 1 atom stereocenters. The highest BCUT2D eigenvalue weighted by atomic mass is 32.2. The first-order valence-electron chi connectivity index (χ1n) is 10.7. The molecule has 1 aliphatic carbocycles. The molecule has 1 unspecified atom stereocenters. The first kappa shape index (κ1) is 21.2. The van der Waals surface area contributed by atoms with E-state index in [0.717, 1.165) is 35.0 Å². The lowest BCUT2D eigenvalue weighted by Crippen LogP contribution is -2.23. The first-order chi connectivity index (χ1) is 15.4. The molecule has 164 valence electrons. The minimum absolute atomic E-state index is 0.00613. The summed E-state index contributed by atoms with van der Waals surface area (Å²) in [4.78, 5) is 37.6. The van der Waals surface area contributed by atoms with Crippen LogP contribution in [0.3, 0.4) is 0 Å². The number of hydrogen-bond donors (Lipinski definition) is 0. The van der Waals surface area contributed by atoms with Crippen molar-refractivity contribution in [3.63, 3.8) is 0 Å². The first-order valence-corrected chi connectivity index (χ1v) is 12.5. The molecule has 0 spiro atoms. The molecule has 0 radical (unpaired) electrons. The Morgan fingerprint density at radius 2 is 2.16 bits per heavy atom. The van der Waals surface area contributed by atoms with E-state index in [0.29, 0.717) is 34.7 Å². The number of hydrogen-bond acceptors (Lipinski definition) is 6. The lowest BCUT2D eigenvalue weighted by molar-refractivity contribution is 0.509. The normalized spacial score (nSPS) is 15.9. The molecule has 8 heteroatoms. The Hall–Kier alpha value is -2.71. The maximum absolute atomic E-state index is 13.4. The summed E-state index contributed by atoms with van der Waals surface area (Å²) in [6.45, 7) is 8.46. The fourth-order valence-electron chi connectivity index (χ4n) is 4.27. The van der Waals surface area contributed by atoms with Gasteiger partial charge in [-0.3, -0.25) is 18.6 Å². The highest BCUT2D eigenvalue weighted by molar-refractivity contribution is 7.98. The van der Waals surface area contributed by atoms with Gasteiger partial charge < -0.3 is 0 Å². The second-order valence-electron chi connectivity index (χ2n) is 8.44. The third-order valence-electron chi connectivity index (χ3n) is 5.92. The Bertz CT molecular complexity index is 1480. The topological polar surface area (TPSA) is 69.3 Å². The number of allylic oxidation sites excluding steroid dienone is 1. The van der Waals surface area contributed by atoms with Crippen molar-refractivity contribution in [1.82, 2.24) is 18.9 Å². The van der Waals surface area contributed by atoms with Crippen LogP contribution >= 0.6 is 23.1 Å². The maximum Gasteiger partial charge on any atom is 0.263 e. The van der Waals surface area contributed by atoms with Crippen molar-refractivity contribution in [1.29, 1.82) is 0 Å². The zero-order chi connectivity index (χ0) is 22.4. The molecule has 0 fully saturated rings. The standard InChI is InChI=1S/C24H24N4O2S2/c1-4-8-28-23(30)21-17-6-5-14(2)10-18(17)32-22(21)26-24(28)31-13-16-12-20(29)27-9-7-15(3)11-19(27)25-16/h4,7,9,11-12,14H,1,5-6,8,10,13H2,2-3H3. The van der Waals surface area contributed by atoms with Gasteiger partial charge in [0.25, 0.3) is 11.1 Å². The molecule has 0 N–H and O–H groups in total. The molecule has 0 bridgehead atoms. The molecule has 0 saturated carbocycles. The summed E-state index contributed by atoms with van der Waals surface area (Å²) in [5.74, 6) is 1.10. The maximum atomic E-state index is 13.4. The molecule has 0 amide bonds. The van der Waals surface area contributed by atoms with Crippen LogP contribution in [0.15, 0.2) is 51.8 Å². The van der Waals surface area contributed by atoms with E-state index in [-0.39, 0.29) is 11.1 Å². The van der Waals surface area contributed by atoms with Crippen LogP contribution < -0.4 is 11.1 Å². The van der Waals surface area contributed by atoms with E-state index < -0.39 is 0 Å². The Labute approximate surface area is 193 Å². The van der Waals surface area contributed by atoms with Gasteiger partial charge in [-0.15, -0.1) is 17.9 Å². The van der Waals surface area contributed by atoms with Gasteiger partial charge in [0.2, 0.25) is 0 Å². The van der Waals surface area contributed by atoms with Gasteiger partial charge in [0.15, 0.2) is 5.16 Å². The fourth-order valence-corrected chi connectivity index (χ4v) is 6.60. The van der Waals surface area contributed by atoms with E-state index in [9.17, 15) is 9.59 Å². The molecule has 0 aliphatic heterocycles. The van der Waals surface area contributed by atoms with Crippen LogP contribution in [-0.4, -0.2) is 18.9 Å². The van der Waals surface area contributed by atoms with E-state index in [2.05, 4.69) is 18.5 Å². The Morgan fingerprint density at radius 3 is 2.97 bits per heavy atom. The zero-order valence-corrected chi connectivity index (χ0v) is 19.8. The van der Waals surface area contributed by atoms with Crippen LogP contribution in [-0.2, 0) is 25.1 Å². The van der Waals surface area contributed by atoms with E-state index in [4.69, 9.17) is 4.98 Å². The van der Waals surface area contributed by atoms with Crippen LogP contribution in [0.1, 0.15) is 35.0 Å². The van der Waals surface area contributed by atoms with Crippen LogP contribution in [0.2, 0.25) is 0 Å². The zero-order valence-electron chi connectivity index (χ0n) is 18.1. The van der Waals surface area contributed by atoms with Gasteiger partial charge in [0.1, 0.15) is 10.5 Å². The largest absolute Gasteiger partial charge is 0.283 e. The van der Waals surface area contributed by atoms with Crippen LogP contribution in [0.5, 0.6) is 0 Å². The summed E-state index contributed by atoms with van der Waals surface area (Å²) in [6.07, 6.45) is 6.54. The minimum atomic E-state index is -0.113. The highest BCUT2D eigenvalue weighted by Gasteiger charge is 2.24. The van der Waals surface area contributed by atoms with Crippen molar-refractivity contribution in [3.05, 3.63) is 79.5 Å². The number of thioether (sulfide) groups is 1. The number of thiophene rings is 1. The quantitative estimate of drug-likeness (QED) is 0.249. The number of rotatable bonds is 5. The third kappa shape index (κ3) is 3.71. The molecule has 0 saturated heterocycles. The van der Waals surface area contributed by atoms with Crippen molar-refractivity contribution >= 4 is 39.0 Å². The third-order valence-corrected chi connectivity index (χ3v) is 8.08. The summed E-state index contributed by atoms with van der Waals surface area (Å²) in [6, 6.07) is 5.33. The molecule has 4 heterocycles.